The van der Waals surface area contributed by atoms with Crippen LogP contribution in [0.4, 0.5) is 5.82 Å². The van der Waals surface area contributed by atoms with E-state index >= 15 is 0 Å². The lowest BCUT2D eigenvalue weighted by atomic mass is 9.86. The lowest BCUT2D eigenvalue weighted by molar-refractivity contribution is 0.190. The Labute approximate surface area is 88.9 Å². The molecule has 0 radical (unpaired) electrons. The zero-order valence-electron chi connectivity index (χ0n) is 8.61. The van der Waals surface area contributed by atoms with Crippen molar-refractivity contribution >= 4 is 5.82 Å². The van der Waals surface area contributed by atoms with Gasteiger partial charge in [0.1, 0.15) is 5.82 Å². The Morgan fingerprint density at radius 1 is 1.60 bits per heavy atom. The number of rotatable bonds is 2. The third-order valence-electron chi connectivity index (χ3n) is 3.04. The Balaban J connectivity index is 2.29. The van der Waals surface area contributed by atoms with E-state index in [1.54, 1.807) is 6.07 Å². The molecule has 2 heterocycles. The summed E-state index contributed by atoms with van der Waals surface area (Å²) in [5.74, 6) is 0.519. The number of nitriles is 1. The maximum absolute atomic E-state index is 8.91. The van der Waals surface area contributed by atoms with Gasteiger partial charge < -0.3 is 11.1 Å². The number of piperidine rings is 1. The second-order valence-corrected chi connectivity index (χ2v) is 3.99. The number of hydrogen-bond acceptors (Lipinski definition) is 4. The van der Waals surface area contributed by atoms with Crippen LogP contribution in [0.15, 0.2) is 12.3 Å². The van der Waals surface area contributed by atoms with Crippen LogP contribution >= 0.6 is 0 Å². The van der Waals surface area contributed by atoms with Crippen LogP contribution in [-0.4, -0.2) is 22.9 Å². The highest BCUT2D eigenvalue weighted by Gasteiger charge is 2.34. The van der Waals surface area contributed by atoms with Crippen LogP contribution in [0.5, 0.6) is 0 Å². The molecular weight excluding hydrogens is 190 g/mol. The second kappa shape index (κ2) is 3.91. The summed E-state index contributed by atoms with van der Waals surface area (Å²) < 4.78 is 1.87. The molecule has 0 bridgehead atoms. The predicted octanol–water partition coefficient (Wildman–Crippen LogP) is 0.458. The molecule has 2 rings (SSSR count). The fourth-order valence-corrected chi connectivity index (χ4v) is 2.13. The van der Waals surface area contributed by atoms with E-state index in [4.69, 9.17) is 11.0 Å². The van der Waals surface area contributed by atoms with Crippen molar-refractivity contribution in [3.05, 3.63) is 12.3 Å². The average Bonchev–Trinajstić information content (AvgIpc) is 2.67. The number of anilines is 1. The van der Waals surface area contributed by atoms with Crippen LogP contribution in [-0.2, 0) is 5.54 Å². The molecule has 15 heavy (non-hydrogen) atoms. The maximum atomic E-state index is 8.91. The lowest BCUT2D eigenvalue weighted by Gasteiger charge is -2.36. The molecule has 1 aliphatic heterocycles. The van der Waals surface area contributed by atoms with Crippen molar-refractivity contribution in [3.8, 4) is 6.07 Å². The average molecular weight is 205 g/mol. The normalized spacial score (nSPS) is 19.7. The molecule has 3 N–H and O–H groups in total. The number of nitrogen functional groups attached to an aromatic ring is 1. The molecule has 5 nitrogen and oxygen atoms in total. The largest absolute Gasteiger partial charge is 0.382 e. The summed E-state index contributed by atoms with van der Waals surface area (Å²) in [6.07, 6.45) is 4.23. The highest BCUT2D eigenvalue weighted by molar-refractivity contribution is 5.24. The summed E-state index contributed by atoms with van der Waals surface area (Å²) in [6.45, 7) is 1.86. The second-order valence-electron chi connectivity index (χ2n) is 3.99. The van der Waals surface area contributed by atoms with Gasteiger partial charge in [0.25, 0.3) is 0 Å². The van der Waals surface area contributed by atoms with E-state index in [1.807, 2.05) is 10.9 Å². The fraction of sp³-hybridized carbons (Fsp3) is 0.600. The Morgan fingerprint density at radius 3 is 2.87 bits per heavy atom. The third-order valence-corrected chi connectivity index (χ3v) is 3.04. The Kier molecular flexibility index (Phi) is 2.60. The molecule has 1 fully saturated rings. The van der Waals surface area contributed by atoms with Crippen molar-refractivity contribution < 1.29 is 0 Å². The molecule has 1 saturated heterocycles. The van der Waals surface area contributed by atoms with Crippen LogP contribution < -0.4 is 11.1 Å². The molecule has 1 aromatic rings. The zero-order valence-corrected chi connectivity index (χ0v) is 8.61. The number of nitrogens with zero attached hydrogens (tertiary/aromatic N) is 3. The van der Waals surface area contributed by atoms with Crippen molar-refractivity contribution in [1.82, 2.24) is 15.1 Å². The molecule has 0 aromatic carbocycles. The molecule has 0 saturated carbocycles. The first-order chi connectivity index (χ1) is 7.27. The topological polar surface area (TPSA) is 79.7 Å². The summed E-state index contributed by atoms with van der Waals surface area (Å²) in [5.41, 5.74) is 5.45. The molecular formula is C10H15N5. The molecule has 0 spiro atoms. The molecule has 80 valence electrons. The molecule has 0 atom stereocenters. The van der Waals surface area contributed by atoms with Crippen molar-refractivity contribution in [2.45, 2.75) is 24.8 Å². The van der Waals surface area contributed by atoms with E-state index in [0.717, 1.165) is 25.9 Å². The number of nitrogens with one attached hydrogen (secondary N) is 1. The molecule has 5 heteroatoms. The van der Waals surface area contributed by atoms with Crippen LogP contribution in [0.1, 0.15) is 19.3 Å². The minimum absolute atomic E-state index is 0.155. The van der Waals surface area contributed by atoms with E-state index in [-0.39, 0.29) is 5.54 Å². The summed E-state index contributed by atoms with van der Waals surface area (Å²) in [7, 11) is 0. The molecule has 0 unspecified atom stereocenters. The highest BCUT2D eigenvalue weighted by atomic mass is 15.3. The van der Waals surface area contributed by atoms with Crippen LogP contribution in [0.3, 0.4) is 0 Å². The van der Waals surface area contributed by atoms with Crippen molar-refractivity contribution in [1.29, 1.82) is 5.26 Å². The van der Waals surface area contributed by atoms with Crippen LogP contribution in [0.2, 0.25) is 0 Å². The van der Waals surface area contributed by atoms with Gasteiger partial charge in [-0.1, -0.05) is 0 Å². The Morgan fingerprint density at radius 2 is 2.33 bits per heavy atom. The summed E-state index contributed by atoms with van der Waals surface area (Å²) in [5, 5.41) is 16.4. The van der Waals surface area contributed by atoms with Gasteiger partial charge in [-0.2, -0.15) is 10.4 Å². The van der Waals surface area contributed by atoms with Gasteiger partial charge in [-0.3, -0.25) is 4.68 Å². The molecule has 1 aromatic heterocycles. The summed E-state index contributed by atoms with van der Waals surface area (Å²) in [4.78, 5) is 0. The minimum atomic E-state index is -0.155. The fourth-order valence-electron chi connectivity index (χ4n) is 2.13. The molecule has 0 amide bonds. The third kappa shape index (κ3) is 1.81. The smallest absolute Gasteiger partial charge is 0.145 e. The molecule has 1 aliphatic rings. The quantitative estimate of drug-likeness (QED) is 0.735. The van der Waals surface area contributed by atoms with E-state index in [9.17, 15) is 0 Å². The van der Waals surface area contributed by atoms with Gasteiger partial charge in [-0.15, -0.1) is 0 Å². The standard InChI is InChI=1S/C10H15N5/c11-5-2-10(3-6-13-7-4-10)15-8-1-9(12)14-15/h1,8,13H,2-4,6-7H2,(H2,12,14). The van der Waals surface area contributed by atoms with Crippen molar-refractivity contribution in [2.75, 3.05) is 18.8 Å². The monoisotopic (exact) mass is 205 g/mol. The first-order valence-electron chi connectivity index (χ1n) is 5.16. The van der Waals surface area contributed by atoms with Gasteiger partial charge in [-0.05, 0) is 32.0 Å². The minimum Gasteiger partial charge on any atom is -0.382 e. The van der Waals surface area contributed by atoms with Gasteiger partial charge in [0.2, 0.25) is 0 Å². The van der Waals surface area contributed by atoms with E-state index in [2.05, 4.69) is 16.5 Å². The zero-order chi connectivity index (χ0) is 10.7. The highest BCUT2D eigenvalue weighted by Crippen LogP contribution is 2.30. The Bertz CT molecular complexity index is 369. The number of aromatic nitrogens is 2. The van der Waals surface area contributed by atoms with E-state index in [0.29, 0.717) is 12.2 Å². The number of nitrogens with two attached hydrogens (primary N) is 1. The summed E-state index contributed by atoms with van der Waals surface area (Å²) >= 11 is 0. The summed E-state index contributed by atoms with van der Waals surface area (Å²) in [6, 6.07) is 4.04. The van der Waals surface area contributed by atoms with Gasteiger partial charge >= 0.3 is 0 Å². The predicted molar refractivity (Wildman–Crippen MR) is 56.9 cm³/mol. The van der Waals surface area contributed by atoms with Crippen molar-refractivity contribution in [3.63, 3.8) is 0 Å². The van der Waals surface area contributed by atoms with E-state index in [1.165, 1.54) is 0 Å². The van der Waals surface area contributed by atoms with E-state index < -0.39 is 0 Å². The first-order valence-corrected chi connectivity index (χ1v) is 5.16. The SMILES string of the molecule is N#CCC1(n2ccc(N)n2)CCNCC1. The van der Waals surface area contributed by atoms with Crippen LogP contribution in [0.25, 0.3) is 0 Å². The lowest BCUT2D eigenvalue weighted by Crippen LogP contribution is -2.44. The van der Waals surface area contributed by atoms with Gasteiger partial charge in [0, 0.05) is 6.20 Å². The maximum Gasteiger partial charge on any atom is 0.145 e. The first kappa shape index (κ1) is 9.99. The van der Waals surface area contributed by atoms with Crippen molar-refractivity contribution in [2.24, 2.45) is 0 Å². The van der Waals surface area contributed by atoms with Gasteiger partial charge in [-0.25, -0.2) is 0 Å². The molecule has 0 aliphatic carbocycles. The van der Waals surface area contributed by atoms with Gasteiger partial charge in [0.15, 0.2) is 0 Å². The Hall–Kier alpha value is -1.54. The number of hydrogen-bond donors (Lipinski definition) is 2. The van der Waals surface area contributed by atoms with Crippen LogP contribution in [0, 0.1) is 11.3 Å². The van der Waals surface area contributed by atoms with Gasteiger partial charge in [0.05, 0.1) is 18.0 Å².